The maximum absolute atomic E-state index is 6.08. The molecule has 1 aromatic heterocycles. The molecule has 4 heteroatoms. The molecule has 18 heavy (non-hydrogen) atoms. The van der Waals surface area contributed by atoms with E-state index < -0.39 is 0 Å². The molecule has 0 saturated carbocycles. The van der Waals surface area contributed by atoms with Gasteiger partial charge >= 0.3 is 0 Å². The molecule has 0 atom stereocenters. The number of rotatable bonds is 3. The van der Waals surface area contributed by atoms with Gasteiger partial charge in [0.05, 0.1) is 16.7 Å². The fourth-order valence-corrected chi connectivity index (χ4v) is 2.69. The van der Waals surface area contributed by atoms with Crippen LogP contribution in [0.25, 0.3) is 0 Å². The molecule has 0 unspecified atom stereocenters. The highest BCUT2D eigenvalue weighted by Gasteiger charge is 2.15. The smallest absolute Gasteiger partial charge is 0.136 e. The largest absolute Gasteiger partial charge is 0.383 e. The molecule has 1 heterocycles. The first-order chi connectivity index (χ1) is 8.49. The molecule has 0 amide bonds. The summed E-state index contributed by atoms with van der Waals surface area (Å²) in [5.74, 6) is 1.06. The van der Waals surface area contributed by atoms with Crippen molar-refractivity contribution in [3.63, 3.8) is 0 Å². The van der Waals surface area contributed by atoms with Crippen molar-refractivity contribution in [3.8, 4) is 0 Å². The fourth-order valence-electron chi connectivity index (χ4n) is 1.95. The van der Waals surface area contributed by atoms with Crippen LogP contribution < -0.4 is 5.73 Å². The second-order valence-electron chi connectivity index (χ2n) is 4.89. The SMILES string of the molecule is Cc1cccc(Cn2nc(C(C)C)c(Br)c2N)c1. The Bertz CT molecular complexity index is 558. The Kier molecular flexibility index (Phi) is 3.76. The predicted molar refractivity (Wildman–Crippen MR) is 78.7 cm³/mol. The van der Waals surface area contributed by atoms with Gasteiger partial charge in [-0.05, 0) is 34.3 Å². The van der Waals surface area contributed by atoms with Crippen LogP contribution in [-0.2, 0) is 6.54 Å². The number of aryl methyl sites for hydroxylation is 1. The summed E-state index contributed by atoms with van der Waals surface area (Å²) >= 11 is 3.52. The highest BCUT2D eigenvalue weighted by molar-refractivity contribution is 9.10. The van der Waals surface area contributed by atoms with Crippen LogP contribution in [0.2, 0.25) is 0 Å². The molecule has 3 nitrogen and oxygen atoms in total. The van der Waals surface area contributed by atoms with Crippen LogP contribution in [0, 0.1) is 6.92 Å². The molecule has 0 aliphatic heterocycles. The molecule has 2 aromatic rings. The number of anilines is 1. The molecule has 1 aromatic carbocycles. The van der Waals surface area contributed by atoms with Crippen molar-refractivity contribution in [2.24, 2.45) is 0 Å². The molecular weight excluding hydrogens is 290 g/mol. The summed E-state index contributed by atoms with van der Waals surface area (Å²) < 4.78 is 2.78. The summed E-state index contributed by atoms with van der Waals surface area (Å²) in [5, 5.41) is 4.58. The minimum absolute atomic E-state index is 0.362. The van der Waals surface area contributed by atoms with Crippen LogP contribution in [0.4, 0.5) is 5.82 Å². The summed E-state index contributed by atoms with van der Waals surface area (Å²) in [6.45, 7) is 7.03. The number of hydrogen-bond donors (Lipinski definition) is 1. The van der Waals surface area contributed by atoms with Crippen LogP contribution in [-0.4, -0.2) is 9.78 Å². The highest BCUT2D eigenvalue weighted by Crippen LogP contribution is 2.29. The minimum Gasteiger partial charge on any atom is -0.383 e. The quantitative estimate of drug-likeness (QED) is 0.939. The highest BCUT2D eigenvalue weighted by atomic mass is 79.9. The van der Waals surface area contributed by atoms with Gasteiger partial charge in [0, 0.05) is 0 Å². The molecule has 96 valence electrons. The second kappa shape index (κ2) is 5.14. The number of halogens is 1. The van der Waals surface area contributed by atoms with Crippen LogP contribution in [0.5, 0.6) is 0 Å². The molecule has 0 saturated heterocycles. The summed E-state index contributed by atoms with van der Waals surface area (Å²) in [4.78, 5) is 0. The molecule has 0 spiro atoms. The zero-order valence-electron chi connectivity index (χ0n) is 10.9. The lowest BCUT2D eigenvalue weighted by Gasteiger charge is -2.05. The van der Waals surface area contributed by atoms with E-state index in [1.807, 2.05) is 4.68 Å². The van der Waals surface area contributed by atoms with Crippen LogP contribution in [0.3, 0.4) is 0 Å². The van der Waals surface area contributed by atoms with Crippen molar-refractivity contribution in [1.82, 2.24) is 9.78 Å². The van der Waals surface area contributed by atoms with Crippen molar-refractivity contribution in [2.75, 3.05) is 5.73 Å². The third-order valence-corrected chi connectivity index (χ3v) is 3.73. The zero-order chi connectivity index (χ0) is 13.3. The Labute approximate surface area is 116 Å². The molecule has 0 aliphatic rings. The van der Waals surface area contributed by atoms with Gasteiger partial charge in [-0.3, -0.25) is 0 Å². The number of nitrogen functional groups attached to an aromatic ring is 1. The monoisotopic (exact) mass is 307 g/mol. The van der Waals surface area contributed by atoms with Gasteiger partial charge in [0.25, 0.3) is 0 Å². The van der Waals surface area contributed by atoms with E-state index in [0.717, 1.165) is 10.2 Å². The molecule has 0 aliphatic carbocycles. The van der Waals surface area contributed by atoms with Crippen molar-refractivity contribution in [2.45, 2.75) is 33.2 Å². The van der Waals surface area contributed by atoms with Gasteiger partial charge in [-0.2, -0.15) is 5.10 Å². The zero-order valence-corrected chi connectivity index (χ0v) is 12.5. The van der Waals surface area contributed by atoms with E-state index in [-0.39, 0.29) is 0 Å². The van der Waals surface area contributed by atoms with E-state index >= 15 is 0 Å². The first kappa shape index (κ1) is 13.1. The number of nitrogens with two attached hydrogens (primary N) is 1. The lowest BCUT2D eigenvalue weighted by molar-refractivity contribution is 0.664. The standard InChI is InChI=1S/C14H18BrN3/c1-9(2)13-12(15)14(16)18(17-13)8-11-6-4-5-10(3)7-11/h4-7,9H,8,16H2,1-3H3. The van der Waals surface area contributed by atoms with Gasteiger partial charge in [0.2, 0.25) is 0 Å². The minimum atomic E-state index is 0.362. The molecule has 2 N–H and O–H groups in total. The fraction of sp³-hybridized carbons (Fsp3) is 0.357. The first-order valence-corrected chi connectivity index (χ1v) is 6.85. The third kappa shape index (κ3) is 2.58. The summed E-state index contributed by atoms with van der Waals surface area (Å²) in [5.41, 5.74) is 9.56. The summed E-state index contributed by atoms with van der Waals surface area (Å²) in [6.07, 6.45) is 0. The Balaban J connectivity index is 2.32. The third-order valence-electron chi connectivity index (χ3n) is 2.92. The van der Waals surface area contributed by atoms with Crippen molar-refractivity contribution in [3.05, 3.63) is 45.6 Å². The normalized spacial score (nSPS) is 11.2. The average Bonchev–Trinajstić information content (AvgIpc) is 2.58. The Hall–Kier alpha value is -1.29. The second-order valence-corrected chi connectivity index (χ2v) is 5.68. The van der Waals surface area contributed by atoms with E-state index in [9.17, 15) is 0 Å². The maximum atomic E-state index is 6.08. The first-order valence-electron chi connectivity index (χ1n) is 6.06. The van der Waals surface area contributed by atoms with Gasteiger partial charge in [-0.25, -0.2) is 4.68 Å². The van der Waals surface area contributed by atoms with E-state index in [1.54, 1.807) is 0 Å². The van der Waals surface area contributed by atoms with Gasteiger partial charge in [0.1, 0.15) is 5.82 Å². The van der Waals surface area contributed by atoms with E-state index in [0.29, 0.717) is 18.3 Å². The maximum Gasteiger partial charge on any atom is 0.136 e. The lowest BCUT2D eigenvalue weighted by atomic mass is 10.1. The summed E-state index contributed by atoms with van der Waals surface area (Å²) in [6, 6.07) is 8.40. The van der Waals surface area contributed by atoms with Crippen molar-refractivity contribution < 1.29 is 0 Å². The van der Waals surface area contributed by atoms with Gasteiger partial charge in [-0.15, -0.1) is 0 Å². The topological polar surface area (TPSA) is 43.8 Å². The number of hydrogen-bond acceptors (Lipinski definition) is 2. The van der Waals surface area contributed by atoms with E-state index in [4.69, 9.17) is 5.73 Å². The summed E-state index contributed by atoms with van der Waals surface area (Å²) in [7, 11) is 0. The van der Waals surface area contributed by atoms with Crippen LogP contribution in [0.1, 0.15) is 36.6 Å². The Morgan fingerprint density at radius 1 is 1.39 bits per heavy atom. The molecule has 2 rings (SSSR count). The average molecular weight is 308 g/mol. The van der Waals surface area contributed by atoms with E-state index in [1.165, 1.54) is 11.1 Å². The Morgan fingerprint density at radius 3 is 2.67 bits per heavy atom. The predicted octanol–water partition coefficient (Wildman–Crippen LogP) is 3.71. The number of nitrogens with zero attached hydrogens (tertiary/aromatic N) is 2. The number of aromatic nitrogens is 2. The molecule has 0 bridgehead atoms. The Morgan fingerprint density at radius 2 is 2.11 bits per heavy atom. The van der Waals surface area contributed by atoms with Crippen LogP contribution >= 0.6 is 15.9 Å². The molecular formula is C14H18BrN3. The molecule has 0 radical (unpaired) electrons. The van der Waals surface area contributed by atoms with E-state index in [2.05, 4.69) is 66.1 Å². The molecule has 0 fully saturated rings. The number of benzene rings is 1. The van der Waals surface area contributed by atoms with Gasteiger partial charge in [0.15, 0.2) is 0 Å². The van der Waals surface area contributed by atoms with Crippen molar-refractivity contribution >= 4 is 21.7 Å². The van der Waals surface area contributed by atoms with Gasteiger partial charge in [-0.1, -0.05) is 43.7 Å². The van der Waals surface area contributed by atoms with Crippen LogP contribution in [0.15, 0.2) is 28.7 Å². The lowest BCUT2D eigenvalue weighted by Crippen LogP contribution is -2.06. The van der Waals surface area contributed by atoms with Gasteiger partial charge < -0.3 is 5.73 Å². The van der Waals surface area contributed by atoms with Crippen molar-refractivity contribution in [1.29, 1.82) is 0 Å².